The van der Waals surface area contributed by atoms with Crippen molar-refractivity contribution in [1.29, 1.82) is 0 Å². The second kappa shape index (κ2) is 10.9. The maximum absolute atomic E-state index is 4.69. The minimum atomic E-state index is 0. The number of aryl methyl sites for hydroxylation is 3. The molecule has 0 saturated carbocycles. The van der Waals surface area contributed by atoms with Crippen LogP contribution < -0.4 is 10.6 Å². The second-order valence-corrected chi connectivity index (χ2v) is 8.45. The standard InChI is InChI=1S/C19H25N5S2.HI/c1-4-20-19(22-12-17-13(2)23-14(3)25-17)21-11-7-10-18-24-15-8-5-6-9-16(15)26-18;/h5-6,8-9H,4,7,10-12H2,1-3H3,(H2,20,21,22);1H. The molecule has 0 spiro atoms. The second-order valence-electron chi connectivity index (χ2n) is 6.04. The topological polar surface area (TPSA) is 62.2 Å². The van der Waals surface area contributed by atoms with E-state index in [1.165, 1.54) is 14.6 Å². The Bertz CT molecular complexity index is 854. The summed E-state index contributed by atoms with van der Waals surface area (Å²) in [4.78, 5) is 15.1. The Kier molecular flexibility index (Phi) is 8.91. The van der Waals surface area contributed by atoms with Crippen molar-refractivity contribution in [3.8, 4) is 0 Å². The van der Waals surface area contributed by atoms with Gasteiger partial charge in [0.1, 0.15) is 0 Å². The van der Waals surface area contributed by atoms with Crippen molar-refractivity contribution < 1.29 is 0 Å². The van der Waals surface area contributed by atoms with Gasteiger partial charge in [0.05, 0.1) is 32.5 Å². The van der Waals surface area contributed by atoms with Crippen LogP contribution >= 0.6 is 46.7 Å². The number of aliphatic imine (C=N–C) groups is 1. The molecule has 0 unspecified atom stereocenters. The minimum Gasteiger partial charge on any atom is -0.357 e. The number of fused-ring (bicyclic) bond motifs is 1. The van der Waals surface area contributed by atoms with Gasteiger partial charge in [0.25, 0.3) is 0 Å². The van der Waals surface area contributed by atoms with E-state index in [4.69, 9.17) is 4.98 Å². The average molecular weight is 515 g/mol. The molecule has 2 heterocycles. The Morgan fingerprint density at radius 2 is 1.93 bits per heavy atom. The molecule has 146 valence electrons. The van der Waals surface area contributed by atoms with Crippen molar-refractivity contribution in [2.45, 2.75) is 40.2 Å². The van der Waals surface area contributed by atoms with E-state index >= 15 is 0 Å². The molecular weight excluding hydrogens is 489 g/mol. The van der Waals surface area contributed by atoms with Crippen LogP contribution in [0.15, 0.2) is 29.3 Å². The summed E-state index contributed by atoms with van der Waals surface area (Å²) in [6.07, 6.45) is 2.02. The lowest BCUT2D eigenvalue weighted by Crippen LogP contribution is -2.37. The third kappa shape index (κ3) is 6.39. The van der Waals surface area contributed by atoms with Crippen LogP contribution in [0.3, 0.4) is 0 Å². The molecule has 0 aliphatic carbocycles. The van der Waals surface area contributed by atoms with Gasteiger partial charge in [-0.1, -0.05) is 12.1 Å². The van der Waals surface area contributed by atoms with Crippen LogP contribution in [0.1, 0.15) is 33.9 Å². The summed E-state index contributed by atoms with van der Waals surface area (Å²) >= 11 is 3.51. The zero-order valence-electron chi connectivity index (χ0n) is 15.9. The van der Waals surface area contributed by atoms with E-state index in [0.717, 1.165) is 48.1 Å². The van der Waals surface area contributed by atoms with Crippen LogP contribution in [-0.4, -0.2) is 29.0 Å². The molecule has 2 aromatic heterocycles. The summed E-state index contributed by atoms with van der Waals surface area (Å²) < 4.78 is 1.26. The maximum atomic E-state index is 4.69. The summed E-state index contributed by atoms with van der Waals surface area (Å²) in [7, 11) is 0. The van der Waals surface area contributed by atoms with Crippen LogP contribution in [0, 0.1) is 13.8 Å². The smallest absolute Gasteiger partial charge is 0.191 e. The third-order valence-corrected chi connectivity index (χ3v) is 6.08. The highest BCUT2D eigenvalue weighted by Crippen LogP contribution is 2.22. The lowest BCUT2D eigenvalue weighted by molar-refractivity contribution is 0.742. The molecule has 0 aliphatic rings. The lowest BCUT2D eigenvalue weighted by atomic mass is 10.3. The summed E-state index contributed by atoms with van der Waals surface area (Å²) in [5, 5.41) is 9.03. The Hall–Kier alpha value is -1.26. The molecule has 0 amide bonds. The maximum Gasteiger partial charge on any atom is 0.191 e. The van der Waals surface area contributed by atoms with Crippen LogP contribution in [0.25, 0.3) is 10.2 Å². The number of nitrogens with zero attached hydrogens (tertiary/aromatic N) is 3. The molecule has 3 rings (SSSR count). The molecule has 0 bridgehead atoms. The van der Waals surface area contributed by atoms with E-state index in [1.54, 1.807) is 22.7 Å². The van der Waals surface area contributed by atoms with Gasteiger partial charge in [0.15, 0.2) is 5.96 Å². The summed E-state index contributed by atoms with van der Waals surface area (Å²) in [5.41, 5.74) is 2.19. The fourth-order valence-electron chi connectivity index (χ4n) is 2.69. The number of aromatic nitrogens is 2. The molecule has 0 fully saturated rings. The predicted molar refractivity (Wildman–Crippen MR) is 128 cm³/mol. The molecule has 5 nitrogen and oxygen atoms in total. The fourth-order valence-corrected chi connectivity index (χ4v) is 4.56. The van der Waals surface area contributed by atoms with Gasteiger partial charge >= 0.3 is 0 Å². The Morgan fingerprint density at radius 1 is 1.11 bits per heavy atom. The van der Waals surface area contributed by atoms with Gasteiger partial charge in [0, 0.05) is 24.4 Å². The van der Waals surface area contributed by atoms with Crippen molar-refractivity contribution in [3.05, 3.63) is 44.9 Å². The van der Waals surface area contributed by atoms with Crippen LogP contribution in [0.4, 0.5) is 0 Å². The number of rotatable bonds is 7. The predicted octanol–water partition coefficient (Wildman–Crippen LogP) is 4.68. The number of nitrogens with one attached hydrogen (secondary N) is 2. The third-order valence-electron chi connectivity index (χ3n) is 3.92. The SMILES string of the molecule is CCNC(=NCc1sc(C)nc1C)NCCCc1nc2ccccc2s1.I. The monoisotopic (exact) mass is 515 g/mol. The number of halogens is 1. The van der Waals surface area contributed by atoms with E-state index < -0.39 is 0 Å². The highest BCUT2D eigenvalue weighted by atomic mass is 127. The summed E-state index contributed by atoms with van der Waals surface area (Å²) in [6.45, 7) is 8.57. The number of thiazole rings is 2. The van der Waals surface area contributed by atoms with Gasteiger partial charge in [-0.2, -0.15) is 0 Å². The highest BCUT2D eigenvalue weighted by molar-refractivity contribution is 14.0. The first-order valence-corrected chi connectivity index (χ1v) is 10.6. The average Bonchev–Trinajstić information content (AvgIpc) is 3.18. The number of guanidine groups is 1. The van der Waals surface area contributed by atoms with Crippen molar-refractivity contribution in [2.24, 2.45) is 4.99 Å². The Morgan fingerprint density at radius 3 is 2.63 bits per heavy atom. The van der Waals surface area contributed by atoms with E-state index in [2.05, 4.69) is 45.7 Å². The van der Waals surface area contributed by atoms with Crippen LogP contribution in [-0.2, 0) is 13.0 Å². The summed E-state index contributed by atoms with van der Waals surface area (Å²) in [6, 6.07) is 8.32. The van der Waals surface area contributed by atoms with Crippen LogP contribution in [0.2, 0.25) is 0 Å². The van der Waals surface area contributed by atoms with Gasteiger partial charge in [-0.25, -0.2) is 15.0 Å². The van der Waals surface area contributed by atoms with Gasteiger partial charge < -0.3 is 10.6 Å². The molecular formula is C19H26IN5S2. The fraction of sp³-hybridized carbons (Fsp3) is 0.421. The molecule has 27 heavy (non-hydrogen) atoms. The van der Waals surface area contributed by atoms with Crippen molar-refractivity contribution in [2.75, 3.05) is 13.1 Å². The molecule has 1 aromatic carbocycles. The highest BCUT2D eigenvalue weighted by Gasteiger charge is 2.06. The quantitative estimate of drug-likeness (QED) is 0.208. The van der Waals surface area contributed by atoms with Crippen molar-refractivity contribution in [3.63, 3.8) is 0 Å². The van der Waals surface area contributed by atoms with Gasteiger partial charge in [-0.05, 0) is 39.3 Å². The molecule has 2 N–H and O–H groups in total. The van der Waals surface area contributed by atoms with Crippen molar-refractivity contribution >= 4 is 62.8 Å². The first-order valence-electron chi connectivity index (χ1n) is 8.95. The van der Waals surface area contributed by atoms with E-state index in [9.17, 15) is 0 Å². The van der Waals surface area contributed by atoms with Crippen LogP contribution in [0.5, 0.6) is 0 Å². The first-order chi connectivity index (χ1) is 12.7. The Labute approximate surface area is 185 Å². The van der Waals surface area contributed by atoms with Crippen molar-refractivity contribution in [1.82, 2.24) is 20.6 Å². The van der Waals surface area contributed by atoms with Gasteiger partial charge in [-0.15, -0.1) is 46.7 Å². The molecule has 0 aliphatic heterocycles. The molecule has 0 radical (unpaired) electrons. The zero-order valence-corrected chi connectivity index (χ0v) is 19.9. The number of hydrogen-bond donors (Lipinski definition) is 2. The van der Waals surface area contributed by atoms with Gasteiger partial charge in [0.2, 0.25) is 0 Å². The number of hydrogen-bond acceptors (Lipinski definition) is 5. The van der Waals surface area contributed by atoms with E-state index in [-0.39, 0.29) is 24.0 Å². The van der Waals surface area contributed by atoms with Gasteiger partial charge in [-0.3, -0.25) is 0 Å². The minimum absolute atomic E-state index is 0. The Balaban J connectivity index is 0.00000261. The molecule has 3 aromatic rings. The zero-order chi connectivity index (χ0) is 18.4. The first kappa shape index (κ1) is 22.0. The molecule has 0 saturated heterocycles. The lowest BCUT2D eigenvalue weighted by Gasteiger charge is -2.10. The normalized spacial score (nSPS) is 11.4. The van der Waals surface area contributed by atoms with E-state index in [0.29, 0.717) is 6.54 Å². The summed E-state index contributed by atoms with van der Waals surface area (Å²) in [5.74, 6) is 0.863. The largest absolute Gasteiger partial charge is 0.357 e. The number of benzene rings is 1. The van der Waals surface area contributed by atoms with E-state index in [1.807, 2.05) is 19.9 Å². The molecule has 0 atom stereocenters. The number of para-hydroxylation sites is 1. The molecule has 8 heteroatoms.